The van der Waals surface area contributed by atoms with Gasteiger partial charge in [0.25, 0.3) is 5.91 Å². The van der Waals surface area contributed by atoms with Gasteiger partial charge in [-0.05, 0) is 70.2 Å². The van der Waals surface area contributed by atoms with Crippen molar-refractivity contribution in [3.63, 3.8) is 0 Å². The van der Waals surface area contributed by atoms with E-state index in [-0.39, 0.29) is 18.0 Å². The van der Waals surface area contributed by atoms with Gasteiger partial charge in [-0.1, -0.05) is 0 Å². The van der Waals surface area contributed by atoms with Crippen molar-refractivity contribution in [2.45, 2.75) is 33.8 Å². The van der Waals surface area contributed by atoms with E-state index in [9.17, 15) is 9.59 Å². The molecule has 0 N–H and O–H groups in total. The number of hydrazone groups is 1. The molecule has 0 saturated carbocycles. The number of benzene rings is 1. The van der Waals surface area contributed by atoms with Crippen molar-refractivity contribution >= 4 is 40.7 Å². The minimum atomic E-state index is -0.382. The van der Waals surface area contributed by atoms with Gasteiger partial charge >= 0.3 is 5.97 Å². The minimum absolute atomic E-state index is 0.175. The number of ether oxygens (including phenoxy) is 1. The van der Waals surface area contributed by atoms with Gasteiger partial charge in [0.05, 0.1) is 28.6 Å². The highest BCUT2D eigenvalue weighted by Crippen LogP contribution is 2.27. The van der Waals surface area contributed by atoms with Crippen LogP contribution in [0.4, 0.5) is 5.69 Å². The molecular weight excluding hydrogens is 348 g/mol. The predicted molar refractivity (Wildman–Crippen MR) is 105 cm³/mol. The first-order valence-corrected chi connectivity index (χ1v) is 9.16. The lowest BCUT2D eigenvalue weighted by molar-refractivity contribution is -0.114. The van der Waals surface area contributed by atoms with Crippen LogP contribution >= 0.6 is 11.3 Å². The SMILES string of the molecule is CC1=NN(c2ccc(C(=O)OC(C)C)cc2)C(=O)/C1=C\c1ccc(C)s1. The van der Waals surface area contributed by atoms with Crippen molar-refractivity contribution in [1.82, 2.24) is 0 Å². The molecule has 0 radical (unpaired) electrons. The highest BCUT2D eigenvalue weighted by Gasteiger charge is 2.29. The Morgan fingerprint density at radius 1 is 1.15 bits per heavy atom. The van der Waals surface area contributed by atoms with Crippen LogP contribution in [0.1, 0.15) is 40.9 Å². The van der Waals surface area contributed by atoms with Crippen molar-refractivity contribution in [2.24, 2.45) is 5.10 Å². The lowest BCUT2D eigenvalue weighted by Crippen LogP contribution is -2.21. The summed E-state index contributed by atoms with van der Waals surface area (Å²) in [4.78, 5) is 26.9. The van der Waals surface area contributed by atoms with E-state index < -0.39 is 0 Å². The summed E-state index contributed by atoms with van der Waals surface area (Å²) in [6.07, 6.45) is 1.69. The van der Waals surface area contributed by atoms with E-state index in [4.69, 9.17) is 4.74 Å². The van der Waals surface area contributed by atoms with Crippen molar-refractivity contribution in [2.75, 3.05) is 5.01 Å². The molecule has 0 fully saturated rings. The zero-order valence-electron chi connectivity index (χ0n) is 15.1. The first kappa shape index (κ1) is 18.1. The first-order valence-electron chi connectivity index (χ1n) is 8.34. The molecule has 0 spiro atoms. The molecule has 26 heavy (non-hydrogen) atoms. The van der Waals surface area contributed by atoms with Gasteiger partial charge in [-0.15, -0.1) is 11.3 Å². The number of aryl methyl sites for hydroxylation is 1. The van der Waals surface area contributed by atoms with Gasteiger partial charge < -0.3 is 4.74 Å². The highest BCUT2D eigenvalue weighted by molar-refractivity contribution is 7.12. The van der Waals surface area contributed by atoms with Crippen LogP contribution in [-0.2, 0) is 9.53 Å². The van der Waals surface area contributed by atoms with Crippen LogP contribution in [-0.4, -0.2) is 23.7 Å². The van der Waals surface area contributed by atoms with E-state index in [1.54, 1.807) is 49.4 Å². The van der Waals surface area contributed by atoms with Crippen LogP contribution in [0.25, 0.3) is 6.08 Å². The Hall–Kier alpha value is -2.73. The van der Waals surface area contributed by atoms with Gasteiger partial charge in [-0.25, -0.2) is 4.79 Å². The molecule has 6 heteroatoms. The molecule has 3 rings (SSSR count). The van der Waals surface area contributed by atoms with Crippen LogP contribution in [0.2, 0.25) is 0 Å². The molecule has 1 aromatic carbocycles. The number of hydrogen-bond acceptors (Lipinski definition) is 5. The molecule has 0 saturated heterocycles. The molecule has 0 atom stereocenters. The van der Waals surface area contributed by atoms with Gasteiger partial charge in [0.2, 0.25) is 0 Å². The molecule has 2 aromatic rings. The number of rotatable bonds is 4. The van der Waals surface area contributed by atoms with Crippen LogP contribution < -0.4 is 5.01 Å². The fraction of sp³-hybridized carbons (Fsp3) is 0.250. The number of nitrogens with zero attached hydrogens (tertiary/aromatic N) is 2. The summed E-state index contributed by atoms with van der Waals surface area (Å²) in [6, 6.07) is 10.7. The Kier molecular flexibility index (Phi) is 5.04. The molecule has 0 unspecified atom stereocenters. The van der Waals surface area contributed by atoms with Crippen LogP contribution in [0.5, 0.6) is 0 Å². The summed E-state index contributed by atoms with van der Waals surface area (Å²) in [6.45, 7) is 7.45. The Morgan fingerprint density at radius 2 is 1.85 bits per heavy atom. The van der Waals surface area contributed by atoms with Crippen LogP contribution in [0.15, 0.2) is 47.1 Å². The van der Waals surface area contributed by atoms with Gasteiger partial charge in [0, 0.05) is 9.75 Å². The molecule has 134 valence electrons. The first-order chi connectivity index (χ1) is 12.3. The monoisotopic (exact) mass is 368 g/mol. The van der Waals surface area contributed by atoms with Gasteiger partial charge in [0.15, 0.2) is 0 Å². The lowest BCUT2D eigenvalue weighted by Gasteiger charge is -2.13. The second-order valence-corrected chi connectivity index (χ2v) is 7.63. The highest BCUT2D eigenvalue weighted by atomic mass is 32.1. The van der Waals surface area contributed by atoms with E-state index in [2.05, 4.69) is 5.10 Å². The van der Waals surface area contributed by atoms with E-state index in [0.29, 0.717) is 22.5 Å². The normalized spacial score (nSPS) is 15.7. The second kappa shape index (κ2) is 7.25. The summed E-state index contributed by atoms with van der Waals surface area (Å²) in [5.74, 6) is -0.557. The Balaban J connectivity index is 1.81. The average Bonchev–Trinajstić information content (AvgIpc) is 3.12. The number of carbonyl (C=O) groups excluding carboxylic acids is 2. The predicted octanol–water partition coefficient (Wildman–Crippen LogP) is 4.43. The largest absolute Gasteiger partial charge is 0.459 e. The standard InChI is InChI=1S/C20H20N2O3S/c1-12(2)25-20(24)15-6-8-16(9-7-15)22-19(23)18(14(4)21-22)11-17-10-5-13(3)26-17/h5-12H,1-4H3/b18-11-. The van der Waals surface area contributed by atoms with Crippen molar-refractivity contribution < 1.29 is 14.3 Å². The Labute approximate surface area is 156 Å². The van der Waals surface area contributed by atoms with Crippen molar-refractivity contribution in [1.29, 1.82) is 0 Å². The number of thiophene rings is 1. The molecule has 0 aliphatic carbocycles. The summed E-state index contributed by atoms with van der Waals surface area (Å²) in [5.41, 5.74) is 2.31. The third kappa shape index (κ3) is 3.75. The molecule has 1 aromatic heterocycles. The maximum atomic E-state index is 12.7. The lowest BCUT2D eigenvalue weighted by atomic mass is 10.1. The van der Waals surface area contributed by atoms with E-state index in [0.717, 1.165) is 4.88 Å². The molecule has 5 nitrogen and oxygen atoms in total. The number of esters is 1. The number of anilines is 1. The average molecular weight is 368 g/mol. The van der Waals surface area contributed by atoms with E-state index in [1.165, 1.54) is 9.89 Å². The molecule has 2 heterocycles. The summed E-state index contributed by atoms with van der Waals surface area (Å²) >= 11 is 1.63. The smallest absolute Gasteiger partial charge is 0.338 e. The molecule has 1 aliphatic heterocycles. The molecule has 0 bridgehead atoms. The number of hydrogen-bond donors (Lipinski definition) is 0. The minimum Gasteiger partial charge on any atom is -0.459 e. The maximum absolute atomic E-state index is 12.7. The van der Waals surface area contributed by atoms with Gasteiger partial charge in [-0.3, -0.25) is 4.79 Å². The maximum Gasteiger partial charge on any atom is 0.338 e. The third-order valence-electron chi connectivity index (χ3n) is 3.80. The van der Waals surface area contributed by atoms with E-state index in [1.807, 2.05) is 32.1 Å². The summed E-state index contributed by atoms with van der Waals surface area (Å²) in [7, 11) is 0. The zero-order valence-corrected chi connectivity index (χ0v) is 16.0. The number of amides is 1. The fourth-order valence-corrected chi connectivity index (χ4v) is 3.37. The Bertz CT molecular complexity index is 907. The quantitative estimate of drug-likeness (QED) is 0.593. The number of carbonyl (C=O) groups is 2. The molecular formula is C20H20N2O3S. The van der Waals surface area contributed by atoms with Crippen molar-refractivity contribution in [3.8, 4) is 0 Å². The van der Waals surface area contributed by atoms with Gasteiger partial charge in [0.1, 0.15) is 0 Å². The topological polar surface area (TPSA) is 59.0 Å². The zero-order chi connectivity index (χ0) is 18.8. The van der Waals surface area contributed by atoms with Crippen LogP contribution in [0, 0.1) is 6.92 Å². The Morgan fingerprint density at radius 3 is 2.42 bits per heavy atom. The van der Waals surface area contributed by atoms with E-state index >= 15 is 0 Å². The second-order valence-electron chi connectivity index (χ2n) is 6.31. The van der Waals surface area contributed by atoms with Crippen molar-refractivity contribution in [3.05, 3.63) is 57.3 Å². The molecule has 1 aliphatic rings. The van der Waals surface area contributed by atoms with Gasteiger partial charge in [-0.2, -0.15) is 10.1 Å². The summed E-state index contributed by atoms with van der Waals surface area (Å²) < 4.78 is 5.17. The van der Waals surface area contributed by atoms with Crippen LogP contribution in [0.3, 0.4) is 0 Å². The summed E-state index contributed by atoms with van der Waals surface area (Å²) in [5, 5.41) is 5.73. The third-order valence-corrected chi connectivity index (χ3v) is 4.75. The molecule has 1 amide bonds. The fourth-order valence-electron chi connectivity index (χ4n) is 2.55.